The number of carbonyl (C=O) groups excluding carboxylic acids is 3. The van der Waals surface area contributed by atoms with Gasteiger partial charge in [-0.05, 0) is 19.4 Å². The van der Waals surface area contributed by atoms with Crippen LogP contribution in [0.25, 0.3) is 0 Å². The van der Waals surface area contributed by atoms with Crippen LogP contribution in [0.5, 0.6) is 0 Å². The summed E-state index contributed by atoms with van der Waals surface area (Å²) in [5.41, 5.74) is 0.830. The molecule has 0 spiro atoms. The predicted molar refractivity (Wildman–Crippen MR) is 87.8 cm³/mol. The number of amides is 3. The number of nitrogens with one attached hydrogen (secondary N) is 1. The molecule has 1 fully saturated rings. The molecule has 0 saturated carbocycles. The smallest absolute Gasteiger partial charge is 0.239 e. The topological polar surface area (TPSA) is 87.5 Å². The average Bonchev–Trinajstić information content (AvgIpc) is 2.99. The number of rotatable bonds is 5. The monoisotopic (exact) mass is 335 g/mol. The Bertz CT molecular complexity index is 627. The van der Waals surface area contributed by atoms with Crippen molar-refractivity contribution in [2.75, 3.05) is 27.2 Å². The predicted octanol–water partition coefficient (Wildman–Crippen LogP) is -0.0759. The van der Waals surface area contributed by atoms with E-state index in [0.29, 0.717) is 19.4 Å². The second kappa shape index (κ2) is 7.46. The maximum Gasteiger partial charge on any atom is 0.239 e. The molecule has 2 rings (SSSR count). The molecule has 1 N–H and O–H groups in total. The number of carbonyl (C=O) groups is 3. The van der Waals surface area contributed by atoms with Crippen LogP contribution in [-0.2, 0) is 21.4 Å². The average molecular weight is 335 g/mol. The first-order chi connectivity index (χ1) is 11.4. The fourth-order valence-corrected chi connectivity index (χ4v) is 3.28. The zero-order valence-corrected chi connectivity index (χ0v) is 14.7. The van der Waals surface area contributed by atoms with E-state index >= 15 is 0 Å². The Kier molecular flexibility index (Phi) is 5.58. The van der Waals surface area contributed by atoms with Crippen molar-refractivity contribution in [3.8, 4) is 0 Å². The molecule has 1 saturated heterocycles. The van der Waals surface area contributed by atoms with Gasteiger partial charge in [0.15, 0.2) is 0 Å². The van der Waals surface area contributed by atoms with E-state index in [1.54, 1.807) is 29.9 Å². The largest absolute Gasteiger partial charge is 0.358 e. The second-order valence-corrected chi connectivity index (χ2v) is 6.02. The Labute approximate surface area is 141 Å². The molecule has 0 aliphatic carbocycles. The number of likely N-dealkylation sites (tertiary alicyclic amines) is 1. The molecule has 0 radical (unpaired) electrons. The van der Waals surface area contributed by atoms with Crippen molar-refractivity contribution < 1.29 is 14.4 Å². The standard InChI is InChI=1S/C16H25N5O3/c1-5-21-14(23)7-6-11(15(21)12-8-9-18-20(12)4)16(24)19(3)10-13(22)17-2/h8-9,11,15H,5-7,10H2,1-4H3,(H,17,22)/t11-,15-/m0/s1. The van der Waals surface area contributed by atoms with Crippen LogP contribution in [0, 0.1) is 5.92 Å². The summed E-state index contributed by atoms with van der Waals surface area (Å²) in [6.07, 6.45) is 2.48. The molecule has 24 heavy (non-hydrogen) atoms. The van der Waals surface area contributed by atoms with E-state index in [9.17, 15) is 14.4 Å². The summed E-state index contributed by atoms with van der Waals surface area (Å²) >= 11 is 0. The molecule has 132 valence electrons. The van der Waals surface area contributed by atoms with Crippen LogP contribution >= 0.6 is 0 Å². The van der Waals surface area contributed by atoms with Gasteiger partial charge in [0.25, 0.3) is 0 Å². The normalized spacial score (nSPS) is 20.8. The lowest BCUT2D eigenvalue weighted by molar-refractivity contribution is -0.148. The van der Waals surface area contributed by atoms with Crippen molar-refractivity contribution in [1.29, 1.82) is 0 Å². The van der Waals surface area contributed by atoms with E-state index in [0.717, 1.165) is 5.69 Å². The van der Waals surface area contributed by atoms with Crippen molar-refractivity contribution in [2.45, 2.75) is 25.8 Å². The molecule has 0 aromatic carbocycles. The zero-order chi connectivity index (χ0) is 17.9. The number of aryl methyl sites for hydroxylation is 1. The molecule has 2 atom stereocenters. The molecular formula is C16H25N5O3. The molecule has 1 aliphatic rings. The Morgan fingerprint density at radius 1 is 1.46 bits per heavy atom. The summed E-state index contributed by atoms with van der Waals surface area (Å²) in [5.74, 6) is -0.688. The Morgan fingerprint density at radius 3 is 2.71 bits per heavy atom. The molecule has 8 nitrogen and oxygen atoms in total. The van der Waals surface area contributed by atoms with E-state index in [2.05, 4.69) is 10.4 Å². The van der Waals surface area contributed by atoms with Gasteiger partial charge in [-0.25, -0.2) is 0 Å². The Balaban J connectivity index is 2.31. The highest BCUT2D eigenvalue weighted by atomic mass is 16.2. The molecule has 1 aromatic heterocycles. The number of nitrogens with zero attached hydrogens (tertiary/aromatic N) is 4. The number of hydrogen-bond acceptors (Lipinski definition) is 4. The summed E-state index contributed by atoms with van der Waals surface area (Å²) in [6.45, 7) is 2.43. The van der Waals surface area contributed by atoms with Crippen LogP contribution in [-0.4, -0.2) is 64.5 Å². The molecule has 2 heterocycles. The minimum Gasteiger partial charge on any atom is -0.358 e. The maximum absolute atomic E-state index is 12.9. The third-order valence-electron chi connectivity index (χ3n) is 4.56. The first-order valence-corrected chi connectivity index (χ1v) is 8.13. The van der Waals surface area contributed by atoms with Gasteiger partial charge in [-0.3, -0.25) is 19.1 Å². The first kappa shape index (κ1) is 18.0. The quantitative estimate of drug-likeness (QED) is 0.815. The summed E-state index contributed by atoms with van der Waals surface area (Å²) < 4.78 is 1.70. The van der Waals surface area contributed by atoms with E-state index in [4.69, 9.17) is 0 Å². The number of aromatic nitrogens is 2. The molecule has 1 aromatic rings. The van der Waals surface area contributed by atoms with Crippen molar-refractivity contribution in [3.63, 3.8) is 0 Å². The van der Waals surface area contributed by atoms with Gasteiger partial charge in [-0.1, -0.05) is 0 Å². The van der Waals surface area contributed by atoms with Gasteiger partial charge in [0, 0.05) is 40.3 Å². The number of hydrogen-bond donors (Lipinski definition) is 1. The highest BCUT2D eigenvalue weighted by Gasteiger charge is 2.42. The SMILES string of the molecule is CCN1C(=O)CC[C@H](C(=O)N(C)CC(=O)NC)[C@H]1c1ccnn1C. The molecule has 0 unspecified atom stereocenters. The lowest BCUT2D eigenvalue weighted by Crippen LogP contribution is -2.50. The minimum atomic E-state index is -0.382. The molecule has 3 amide bonds. The third-order valence-corrected chi connectivity index (χ3v) is 4.56. The van der Waals surface area contributed by atoms with Gasteiger partial charge in [0.1, 0.15) is 0 Å². The van der Waals surface area contributed by atoms with Crippen molar-refractivity contribution >= 4 is 17.7 Å². The Hall–Kier alpha value is -2.38. The van der Waals surface area contributed by atoms with E-state index < -0.39 is 0 Å². The van der Waals surface area contributed by atoms with Crippen molar-refractivity contribution in [1.82, 2.24) is 24.9 Å². The summed E-state index contributed by atoms with van der Waals surface area (Å²) in [5, 5.41) is 6.69. The fourth-order valence-electron chi connectivity index (χ4n) is 3.28. The first-order valence-electron chi connectivity index (χ1n) is 8.13. The summed E-state index contributed by atoms with van der Waals surface area (Å²) in [6, 6.07) is 1.48. The molecule has 1 aliphatic heterocycles. The van der Waals surface area contributed by atoms with E-state index in [1.807, 2.05) is 13.0 Å². The van der Waals surface area contributed by atoms with Gasteiger partial charge >= 0.3 is 0 Å². The Morgan fingerprint density at radius 2 is 2.17 bits per heavy atom. The van der Waals surface area contributed by atoms with Gasteiger partial charge in [-0.2, -0.15) is 5.10 Å². The number of piperidine rings is 1. The van der Waals surface area contributed by atoms with Crippen LogP contribution < -0.4 is 5.32 Å². The van der Waals surface area contributed by atoms with Crippen molar-refractivity contribution in [2.24, 2.45) is 13.0 Å². The van der Waals surface area contributed by atoms with Gasteiger partial charge in [0.05, 0.1) is 24.2 Å². The highest BCUT2D eigenvalue weighted by molar-refractivity contribution is 5.88. The van der Waals surface area contributed by atoms with E-state index in [-0.39, 0.29) is 36.2 Å². The lowest BCUT2D eigenvalue weighted by atomic mass is 9.85. The van der Waals surface area contributed by atoms with Crippen LogP contribution in [0.4, 0.5) is 0 Å². The van der Waals surface area contributed by atoms with Gasteiger partial charge in [-0.15, -0.1) is 0 Å². The van der Waals surface area contributed by atoms with Crippen molar-refractivity contribution in [3.05, 3.63) is 18.0 Å². The van der Waals surface area contributed by atoms with Crippen LogP contribution in [0.2, 0.25) is 0 Å². The van der Waals surface area contributed by atoms with Crippen LogP contribution in [0.15, 0.2) is 12.3 Å². The molecular weight excluding hydrogens is 310 g/mol. The van der Waals surface area contributed by atoms with Crippen LogP contribution in [0.1, 0.15) is 31.5 Å². The minimum absolute atomic E-state index is 0.00398. The van der Waals surface area contributed by atoms with Crippen LogP contribution in [0.3, 0.4) is 0 Å². The zero-order valence-electron chi connectivity index (χ0n) is 14.7. The number of likely N-dealkylation sites (N-methyl/N-ethyl adjacent to an activating group) is 2. The second-order valence-electron chi connectivity index (χ2n) is 6.02. The summed E-state index contributed by atoms with van der Waals surface area (Å²) in [7, 11) is 4.96. The molecule has 8 heteroatoms. The third kappa shape index (κ3) is 3.42. The van der Waals surface area contributed by atoms with Gasteiger partial charge < -0.3 is 15.1 Å². The lowest BCUT2D eigenvalue weighted by Gasteiger charge is -2.41. The molecule has 0 bridgehead atoms. The van der Waals surface area contributed by atoms with Gasteiger partial charge in [0.2, 0.25) is 17.7 Å². The fraction of sp³-hybridized carbons (Fsp3) is 0.625. The van der Waals surface area contributed by atoms with E-state index in [1.165, 1.54) is 11.9 Å². The highest BCUT2D eigenvalue weighted by Crippen LogP contribution is 2.37. The summed E-state index contributed by atoms with van der Waals surface area (Å²) in [4.78, 5) is 39.9. The maximum atomic E-state index is 12.9.